The second-order valence-electron chi connectivity index (χ2n) is 20.1. The summed E-state index contributed by atoms with van der Waals surface area (Å²) < 4.78 is 66.8. The van der Waals surface area contributed by atoms with Gasteiger partial charge in [0, 0.05) is 6.42 Å². The van der Waals surface area contributed by atoms with Crippen LogP contribution in [0, 0.1) is 11.8 Å². The molecule has 6 aliphatic rings. The normalized spacial score (nSPS) is 42.7. The lowest BCUT2D eigenvalue weighted by molar-refractivity contribution is -0.383. The first-order valence-electron chi connectivity index (χ1n) is 25.7. The minimum atomic E-state index is -1.81. The highest BCUT2D eigenvalue weighted by Gasteiger charge is 2.56. The van der Waals surface area contributed by atoms with Gasteiger partial charge in [-0.1, -0.05) is 92.4 Å². The van der Waals surface area contributed by atoms with E-state index in [9.17, 15) is 45.0 Å². The number of rotatable bonds is 13. The van der Waals surface area contributed by atoms with Crippen LogP contribution in [0.25, 0.3) is 0 Å². The van der Waals surface area contributed by atoms with E-state index in [0.29, 0.717) is 12.8 Å². The number of aliphatic hydroxyl groups is 6. The van der Waals surface area contributed by atoms with Crippen LogP contribution in [-0.4, -0.2) is 177 Å². The van der Waals surface area contributed by atoms with Crippen molar-refractivity contribution in [1.29, 1.82) is 0 Å². The zero-order chi connectivity index (χ0) is 50.7. The van der Waals surface area contributed by atoms with Crippen LogP contribution < -0.4 is 0 Å². The summed E-state index contributed by atoms with van der Waals surface area (Å²) in [5.41, 5.74) is 0. The second-order valence-corrected chi connectivity index (χ2v) is 20.1. The summed E-state index contributed by atoms with van der Waals surface area (Å²) in [6.07, 6.45) is -17.1. The molecule has 69 heavy (non-hydrogen) atoms. The molecule has 20 nitrogen and oxygen atoms in total. The minimum absolute atomic E-state index is 0.0306. The van der Waals surface area contributed by atoms with Crippen LogP contribution in [0.5, 0.6) is 0 Å². The van der Waals surface area contributed by atoms with Crippen molar-refractivity contribution < 1.29 is 97.1 Å². The van der Waals surface area contributed by atoms with Gasteiger partial charge in [-0.15, -0.1) is 0 Å². The van der Waals surface area contributed by atoms with Crippen LogP contribution in [-0.2, 0) is 66.5 Å². The van der Waals surface area contributed by atoms with E-state index in [1.54, 1.807) is 41.5 Å². The van der Waals surface area contributed by atoms with E-state index in [1.807, 2.05) is 0 Å². The lowest BCUT2D eigenvalue weighted by Gasteiger charge is -2.49. The minimum Gasteiger partial charge on any atom is -0.457 e. The van der Waals surface area contributed by atoms with E-state index < -0.39 is 153 Å². The maximum absolute atomic E-state index is 13.6. The van der Waals surface area contributed by atoms with Gasteiger partial charge in [0.2, 0.25) is 0 Å². The topological polar surface area (TPSA) is 274 Å². The number of carbonyl (C=O) groups is 3. The maximum atomic E-state index is 13.6. The molecule has 4 bridgehead atoms. The van der Waals surface area contributed by atoms with Gasteiger partial charge in [0.15, 0.2) is 43.5 Å². The summed E-state index contributed by atoms with van der Waals surface area (Å²) in [5, 5.41) is 69.1. The fraction of sp³-hybridized carbons (Fsp3) is 0.939. The number of hydrogen-bond donors (Lipinski definition) is 6. The van der Waals surface area contributed by atoms with Crippen LogP contribution in [0.2, 0.25) is 0 Å². The number of esters is 3. The largest absolute Gasteiger partial charge is 0.457 e. The monoisotopic (exact) mass is 993 g/mol. The summed E-state index contributed by atoms with van der Waals surface area (Å²) >= 11 is 0. The second kappa shape index (κ2) is 27.2. The average Bonchev–Trinajstić information content (AvgIpc) is 3.30. The molecule has 0 amide bonds. The zero-order valence-electron chi connectivity index (χ0n) is 42.1. The molecule has 0 saturated carbocycles. The highest BCUT2D eigenvalue weighted by molar-refractivity contribution is 5.72. The number of aliphatic hydroxyl groups excluding tert-OH is 6. The van der Waals surface area contributed by atoms with Crippen LogP contribution >= 0.6 is 0 Å². The molecule has 0 aromatic heterocycles. The first-order chi connectivity index (χ1) is 32.8. The van der Waals surface area contributed by atoms with Gasteiger partial charge < -0.3 is 82.7 Å². The summed E-state index contributed by atoms with van der Waals surface area (Å²) in [5.74, 6) is -3.07. The molecule has 20 heteroatoms. The molecule has 0 aliphatic carbocycles. The third-order valence-electron chi connectivity index (χ3n) is 14.1. The van der Waals surface area contributed by atoms with Gasteiger partial charge in [0.05, 0.1) is 42.4 Å². The van der Waals surface area contributed by atoms with Gasteiger partial charge in [-0.25, -0.2) is 0 Å². The fourth-order valence-electron chi connectivity index (χ4n) is 9.41. The molecule has 0 aromatic rings. The van der Waals surface area contributed by atoms with Crippen LogP contribution in [0.3, 0.4) is 0 Å². The van der Waals surface area contributed by atoms with Gasteiger partial charge >= 0.3 is 17.9 Å². The highest BCUT2D eigenvalue weighted by atomic mass is 16.8. The molecular weight excluding hydrogens is 909 g/mol. The number of ether oxygens (including phenoxy) is 11. The van der Waals surface area contributed by atoms with E-state index in [4.69, 9.17) is 52.1 Å². The Morgan fingerprint density at radius 3 is 1.78 bits per heavy atom. The van der Waals surface area contributed by atoms with Gasteiger partial charge in [-0.3, -0.25) is 14.4 Å². The van der Waals surface area contributed by atoms with Crippen molar-refractivity contribution in [2.75, 3.05) is 0 Å². The SMILES string of the molecule is CCCCCC1CCCCCCCCCC(=O)OC2C(O)C(OC(C)C2OC2OC(C)C(OC3OC(C)C(OC(=O)C(C)C)C(O)C3O)C(OC(=O)C(C)CC)C2O)OC2C(C)OC(O1)C(O)C2O. The lowest BCUT2D eigenvalue weighted by Crippen LogP contribution is -2.67. The molecule has 6 saturated heterocycles. The molecule has 6 aliphatic heterocycles. The Morgan fingerprint density at radius 1 is 0.565 bits per heavy atom. The number of unbranched alkanes of at least 4 members (excludes halogenated alkanes) is 2. The third-order valence-corrected chi connectivity index (χ3v) is 14.1. The molecule has 6 rings (SSSR count). The van der Waals surface area contributed by atoms with E-state index in [1.165, 1.54) is 13.8 Å². The Labute approximate surface area is 407 Å². The Kier molecular flexibility index (Phi) is 22.8. The molecule has 22 atom stereocenters. The predicted molar refractivity (Wildman–Crippen MR) is 243 cm³/mol. The van der Waals surface area contributed by atoms with Gasteiger partial charge in [-0.05, 0) is 53.4 Å². The van der Waals surface area contributed by atoms with Crippen molar-refractivity contribution in [2.24, 2.45) is 11.8 Å². The number of carbonyl (C=O) groups excluding carboxylic acids is 3. The molecule has 6 N–H and O–H groups in total. The van der Waals surface area contributed by atoms with E-state index >= 15 is 0 Å². The van der Waals surface area contributed by atoms with Gasteiger partial charge in [0.1, 0.15) is 54.9 Å². The Morgan fingerprint density at radius 2 is 1.13 bits per heavy atom. The molecule has 0 radical (unpaired) electrons. The quantitative estimate of drug-likeness (QED) is 0.0878. The fourth-order valence-corrected chi connectivity index (χ4v) is 9.41. The Balaban J connectivity index is 1.37. The van der Waals surface area contributed by atoms with E-state index in [0.717, 1.165) is 70.6 Å². The van der Waals surface area contributed by atoms with Crippen molar-refractivity contribution >= 4 is 17.9 Å². The first kappa shape index (κ1) is 57.7. The smallest absolute Gasteiger partial charge is 0.309 e. The first-order valence-corrected chi connectivity index (χ1v) is 25.7. The average molecular weight is 993 g/mol. The molecule has 0 spiro atoms. The molecule has 6 heterocycles. The molecule has 0 aromatic carbocycles. The standard InChI is InChI=1S/C49H84O20/c1-10-12-18-21-30-22-19-16-14-13-15-17-20-23-31(50)64-42-36(55)48(67-39-27(7)59-46(63-30)34(53)33(39)52)61-28(8)40(42)69-49-37(56)43(66-45(58)25(5)11-2)41(29(9)62-49)68-47-35(54)32(51)38(26(6)60-47)65-44(57)24(3)4/h24-30,32-43,46-49,51-56H,10-23H2,1-9H3. The zero-order valence-corrected chi connectivity index (χ0v) is 42.1. The van der Waals surface area contributed by atoms with Crippen molar-refractivity contribution in [1.82, 2.24) is 0 Å². The highest BCUT2D eigenvalue weighted by Crippen LogP contribution is 2.37. The summed E-state index contributed by atoms with van der Waals surface area (Å²) in [6.45, 7) is 15.1. The van der Waals surface area contributed by atoms with Crippen LogP contribution in [0.15, 0.2) is 0 Å². The summed E-state index contributed by atoms with van der Waals surface area (Å²) in [7, 11) is 0. The molecular formula is C49H84O20. The number of hydrogen-bond acceptors (Lipinski definition) is 20. The lowest BCUT2D eigenvalue weighted by atomic mass is 9.95. The van der Waals surface area contributed by atoms with Crippen LogP contribution in [0.4, 0.5) is 0 Å². The Bertz CT molecular complexity index is 1570. The van der Waals surface area contributed by atoms with E-state index in [-0.39, 0.29) is 12.5 Å². The molecule has 22 unspecified atom stereocenters. The predicted octanol–water partition coefficient (Wildman–Crippen LogP) is 3.21. The van der Waals surface area contributed by atoms with Crippen molar-refractivity contribution in [2.45, 2.75) is 281 Å². The van der Waals surface area contributed by atoms with Gasteiger partial charge in [0.25, 0.3) is 0 Å². The summed E-state index contributed by atoms with van der Waals surface area (Å²) in [6, 6.07) is 0. The maximum Gasteiger partial charge on any atom is 0.309 e. The van der Waals surface area contributed by atoms with Gasteiger partial charge in [-0.2, -0.15) is 0 Å². The van der Waals surface area contributed by atoms with Crippen molar-refractivity contribution in [3.63, 3.8) is 0 Å². The van der Waals surface area contributed by atoms with Crippen LogP contribution in [0.1, 0.15) is 152 Å². The molecule has 400 valence electrons. The summed E-state index contributed by atoms with van der Waals surface area (Å²) in [4.78, 5) is 39.4. The van der Waals surface area contributed by atoms with E-state index in [2.05, 4.69) is 6.92 Å². The number of fused-ring (bicyclic) bond motifs is 14. The van der Waals surface area contributed by atoms with Crippen molar-refractivity contribution in [3.8, 4) is 0 Å². The molecule has 6 fully saturated rings. The van der Waals surface area contributed by atoms with Crippen molar-refractivity contribution in [3.05, 3.63) is 0 Å². The third kappa shape index (κ3) is 15.2. The Hall–Kier alpha value is -2.15.